The number of hydrogen-bond acceptors (Lipinski definition) is 4. The summed E-state index contributed by atoms with van der Waals surface area (Å²) < 4.78 is 57.0. The minimum Gasteiger partial charge on any atom is -0.406 e. The average molecular weight is 447 g/mol. The van der Waals surface area contributed by atoms with E-state index in [0.29, 0.717) is 25.2 Å². The van der Waals surface area contributed by atoms with E-state index in [1.165, 1.54) is 18.2 Å². The Bertz CT molecular complexity index is 1120. The first-order chi connectivity index (χ1) is 15.2. The second-order valence-electron chi connectivity index (χ2n) is 7.67. The fourth-order valence-electron chi connectivity index (χ4n) is 3.46. The molecule has 3 aromatic rings. The molecule has 1 aromatic heterocycles. The van der Waals surface area contributed by atoms with Gasteiger partial charge < -0.3 is 14.7 Å². The van der Waals surface area contributed by atoms with Crippen molar-refractivity contribution >= 4 is 17.6 Å². The number of ether oxygens (including phenoxy) is 1. The van der Waals surface area contributed by atoms with Gasteiger partial charge >= 0.3 is 6.36 Å². The molecule has 0 aliphatic carbocycles. The smallest absolute Gasteiger partial charge is 0.406 e. The molecule has 1 aliphatic heterocycles. The Balaban J connectivity index is 1.46. The molecule has 0 unspecified atom stereocenters. The second kappa shape index (κ2) is 8.66. The number of rotatable bonds is 6. The lowest BCUT2D eigenvalue weighted by Crippen LogP contribution is -2.50. The highest BCUT2D eigenvalue weighted by Crippen LogP contribution is 2.26. The number of halogens is 4. The van der Waals surface area contributed by atoms with Crippen LogP contribution >= 0.6 is 0 Å². The first kappa shape index (κ1) is 21.9. The van der Waals surface area contributed by atoms with E-state index in [0.717, 1.165) is 29.1 Å². The molecular weight excluding hydrogens is 426 g/mol. The molecule has 1 N–H and O–H groups in total. The molecule has 1 fully saturated rings. The van der Waals surface area contributed by atoms with Gasteiger partial charge in [-0.1, -0.05) is 24.3 Å². The third-order valence-corrected chi connectivity index (χ3v) is 5.10. The van der Waals surface area contributed by atoms with Crippen LogP contribution in [0.1, 0.15) is 22.5 Å². The summed E-state index contributed by atoms with van der Waals surface area (Å²) in [6, 6.07) is 14.4. The van der Waals surface area contributed by atoms with Crippen LogP contribution in [0.5, 0.6) is 5.75 Å². The van der Waals surface area contributed by atoms with E-state index in [1.807, 2.05) is 31.2 Å². The van der Waals surface area contributed by atoms with Gasteiger partial charge in [-0.05, 0) is 54.5 Å². The first-order valence-electron chi connectivity index (χ1n) is 9.96. The molecule has 0 atom stereocenters. The topological polar surface area (TPSA) is 50.5 Å². The summed E-state index contributed by atoms with van der Waals surface area (Å²) in [5.41, 5.74) is 3.30. The van der Waals surface area contributed by atoms with Crippen molar-refractivity contribution in [2.45, 2.75) is 25.9 Å². The summed E-state index contributed by atoms with van der Waals surface area (Å²) in [6.45, 7) is 3.48. The fraction of sp³-hybridized carbons (Fsp3) is 0.261. The van der Waals surface area contributed by atoms with Gasteiger partial charge in [-0.2, -0.15) is 5.10 Å². The molecule has 1 aliphatic rings. The van der Waals surface area contributed by atoms with Gasteiger partial charge in [0.1, 0.15) is 11.4 Å². The highest BCUT2D eigenvalue weighted by Gasteiger charge is 2.31. The van der Waals surface area contributed by atoms with Crippen molar-refractivity contribution in [1.29, 1.82) is 0 Å². The van der Waals surface area contributed by atoms with Gasteiger partial charge in [0, 0.05) is 24.5 Å². The van der Waals surface area contributed by atoms with Crippen molar-refractivity contribution in [2.75, 3.05) is 18.0 Å². The Hall–Kier alpha value is -3.33. The molecule has 9 heteroatoms. The van der Waals surface area contributed by atoms with Crippen LogP contribution in [-0.2, 0) is 6.54 Å². The van der Waals surface area contributed by atoms with Gasteiger partial charge in [-0.15, -0.1) is 13.2 Å². The van der Waals surface area contributed by atoms with Crippen LogP contribution < -0.4 is 9.64 Å². The molecule has 4 rings (SSSR count). The normalized spacial score (nSPS) is 15.1. The van der Waals surface area contributed by atoms with E-state index >= 15 is 0 Å². The molecule has 2 heterocycles. The maximum atomic E-state index is 14.7. The maximum Gasteiger partial charge on any atom is 0.573 e. The van der Waals surface area contributed by atoms with Crippen molar-refractivity contribution in [1.82, 2.24) is 9.78 Å². The van der Waals surface area contributed by atoms with Crippen LogP contribution in [0.15, 0.2) is 54.6 Å². The number of alkyl halides is 3. The third-order valence-electron chi connectivity index (χ3n) is 5.10. The predicted octanol–water partition coefficient (Wildman–Crippen LogP) is 4.79. The quantitative estimate of drug-likeness (QED) is 0.553. The van der Waals surface area contributed by atoms with E-state index in [-0.39, 0.29) is 17.5 Å². The molecule has 0 radical (unpaired) electrons. The summed E-state index contributed by atoms with van der Waals surface area (Å²) in [6.07, 6.45) is -3.86. The Morgan fingerprint density at radius 1 is 1.16 bits per heavy atom. The van der Waals surface area contributed by atoms with Crippen molar-refractivity contribution in [3.63, 3.8) is 0 Å². The van der Waals surface area contributed by atoms with E-state index in [4.69, 9.17) is 0 Å². The molecule has 0 bridgehead atoms. The molecule has 2 aromatic carbocycles. The molecule has 5 nitrogen and oxygen atoms in total. The van der Waals surface area contributed by atoms with Gasteiger partial charge in [0.25, 0.3) is 0 Å². The summed E-state index contributed by atoms with van der Waals surface area (Å²) in [5, 5.41) is 13.8. The van der Waals surface area contributed by atoms with Gasteiger partial charge in [-0.25, -0.2) is 4.39 Å². The zero-order valence-electron chi connectivity index (χ0n) is 17.2. The van der Waals surface area contributed by atoms with Gasteiger partial charge in [0.2, 0.25) is 0 Å². The lowest BCUT2D eigenvalue weighted by Gasteiger charge is -2.38. The first-order valence-corrected chi connectivity index (χ1v) is 9.96. The number of anilines is 1. The minimum absolute atomic E-state index is 0.139. The maximum absolute atomic E-state index is 14.7. The van der Waals surface area contributed by atoms with Gasteiger partial charge in [0.15, 0.2) is 5.83 Å². The predicted molar refractivity (Wildman–Crippen MR) is 113 cm³/mol. The number of aryl methyl sites for hydroxylation is 1. The summed E-state index contributed by atoms with van der Waals surface area (Å²) in [5.74, 6) is -0.968. The largest absolute Gasteiger partial charge is 0.573 e. The van der Waals surface area contributed by atoms with Crippen molar-refractivity contribution in [3.05, 3.63) is 77.1 Å². The zero-order chi connectivity index (χ0) is 22.9. The lowest BCUT2D eigenvalue weighted by atomic mass is 10.1. The lowest BCUT2D eigenvalue weighted by molar-refractivity contribution is -0.274. The monoisotopic (exact) mass is 447 g/mol. The number of aliphatic hydroxyl groups excluding tert-OH is 1. The summed E-state index contributed by atoms with van der Waals surface area (Å²) in [4.78, 5) is 2.07. The number of aromatic nitrogens is 2. The Morgan fingerprint density at radius 3 is 2.53 bits per heavy atom. The fourth-order valence-corrected chi connectivity index (χ4v) is 3.46. The molecule has 32 heavy (non-hydrogen) atoms. The zero-order valence-corrected chi connectivity index (χ0v) is 17.2. The molecular formula is C23H21F4N3O2. The molecule has 1 saturated heterocycles. The van der Waals surface area contributed by atoms with Gasteiger partial charge in [-0.3, -0.25) is 4.68 Å². The van der Waals surface area contributed by atoms with Crippen molar-refractivity contribution in [3.8, 4) is 5.75 Å². The Kier molecular flexibility index (Phi) is 5.92. The number of nitrogens with zero attached hydrogens (tertiary/aromatic N) is 3. The highest BCUT2D eigenvalue weighted by molar-refractivity contribution is 5.75. The molecule has 168 valence electrons. The third kappa shape index (κ3) is 5.28. The van der Waals surface area contributed by atoms with Crippen LogP contribution in [0.4, 0.5) is 23.2 Å². The van der Waals surface area contributed by atoms with E-state index in [1.54, 1.807) is 10.7 Å². The van der Waals surface area contributed by atoms with Crippen molar-refractivity contribution in [2.24, 2.45) is 0 Å². The molecule has 0 spiro atoms. The van der Waals surface area contributed by atoms with Crippen LogP contribution in [0, 0.1) is 6.92 Å². The summed E-state index contributed by atoms with van der Waals surface area (Å²) >= 11 is 0. The van der Waals surface area contributed by atoms with Crippen molar-refractivity contribution < 1.29 is 27.4 Å². The number of hydrogen-bond donors (Lipinski definition) is 1. The number of β-amino-alcohol motifs (C(OH)–C–C–N with tert-alkyl or cyclic N) is 1. The van der Waals surface area contributed by atoms with E-state index in [9.17, 15) is 22.7 Å². The van der Waals surface area contributed by atoms with Crippen LogP contribution in [0.3, 0.4) is 0 Å². The van der Waals surface area contributed by atoms with E-state index in [2.05, 4.69) is 14.7 Å². The molecule has 0 amide bonds. The standard InChI is InChI=1S/C23H21F4N3O2/c1-15-9-22(21(24)11-16-5-7-20(8-6-16)32-23(25,26)27)28-30(15)12-17-3-2-4-18(10-17)29-13-19(31)14-29/h2-11,19,31H,12-14H2,1H3. The number of benzene rings is 2. The highest BCUT2D eigenvalue weighted by atomic mass is 19.4. The minimum atomic E-state index is -4.77. The van der Waals surface area contributed by atoms with Crippen LogP contribution in [0.25, 0.3) is 11.9 Å². The Morgan fingerprint density at radius 2 is 1.88 bits per heavy atom. The Labute approximate surface area is 182 Å². The average Bonchev–Trinajstić information content (AvgIpc) is 3.07. The van der Waals surface area contributed by atoms with E-state index < -0.39 is 12.2 Å². The van der Waals surface area contributed by atoms with Crippen LogP contribution in [0.2, 0.25) is 0 Å². The molecule has 0 saturated carbocycles. The van der Waals surface area contributed by atoms with Gasteiger partial charge in [0.05, 0.1) is 12.6 Å². The second-order valence-corrected chi connectivity index (χ2v) is 7.67. The summed E-state index contributed by atoms with van der Waals surface area (Å²) in [7, 11) is 0. The number of aliphatic hydroxyl groups is 1. The van der Waals surface area contributed by atoms with Crippen LogP contribution in [-0.4, -0.2) is 40.4 Å². The SMILES string of the molecule is Cc1cc(C(F)=Cc2ccc(OC(F)(F)F)cc2)nn1Cc1cccc(N2CC(O)C2)c1.